The van der Waals surface area contributed by atoms with Crippen molar-refractivity contribution in [2.75, 3.05) is 13.1 Å². The minimum atomic E-state index is 0.352. The summed E-state index contributed by atoms with van der Waals surface area (Å²) in [7, 11) is 0. The Balaban J connectivity index is 1.87. The second-order valence-corrected chi connectivity index (χ2v) is 5.29. The van der Waals surface area contributed by atoms with E-state index in [0.29, 0.717) is 12.1 Å². The Hall–Kier alpha value is -1.64. The topological polar surface area (TPSA) is 29.3 Å². The molecule has 0 spiro atoms. The molecular weight excluding hydrogens is 220 g/mol. The average molecular weight is 236 g/mol. The highest BCUT2D eigenvalue weighted by molar-refractivity contribution is 5.78. The highest BCUT2D eigenvalue weighted by atomic mass is 15.2. The zero-order valence-corrected chi connectivity index (χ0v) is 10.2. The normalized spacial score (nSPS) is 19.4. The van der Waals surface area contributed by atoms with E-state index < -0.39 is 0 Å². The summed E-state index contributed by atoms with van der Waals surface area (Å²) in [6.07, 6.45) is 0. The van der Waals surface area contributed by atoms with E-state index in [1.807, 2.05) is 0 Å². The molecule has 2 heteroatoms. The van der Waals surface area contributed by atoms with E-state index in [0.717, 1.165) is 13.1 Å². The summed E-state index contributed by atoms with van der Waals surface area (Å²) in [5, 5.41) is 0. The van der Waals surface area contributed by atoms with Gasteiger partial charge in [-0.25, -0.2) is 0 Å². The highest BCUT2D eigenvalue weighted by Gasteiger charge is 2.37. The number of nitrogens with two attached hydrogens (primary N) is 1. The van der Waals surface area contributed by atoms with Gasteiger partial charge in [0.1, 0.15) is 0 Å². The Labute approximate surface area is 107 Å². The van der Waals surface area contributed by atoms with Crippen LogP contribution >= 0.6 is 0 Å². The smallest absolute Gasteiger partial charge is 0.0615 e. The summed E-state index contributed by atoms with van der Waals surface area (Å²) < 4.78 is 0. The number of nitrogens with zero attached hydrogens (tertiary/aromatic N) is 1. The number of rotatable bonds is 1. The van der Waals surface area contributed by atoms with Crippen LogP contribution in [0.15, 0.2) is 48.5 Å². The van der Waals surface area contributed by atoms with Crippen molar-refractivity contribution in [1.29, 1.82) is 0 Å². The zero-order valence-electron chi connectivity index (χ0n) is 10.2. The Morgan fingerprint density at radius 3 is 1.83 bits per heavy atom. The molecular formula is C16H16N2. The van der Waals surface area contributed by atoms with Crippen molar-refractivity contribution in [2.24, 2.45) is 5.73 Å². The summed E-state index contributed by atoms with van der Waals surface area (Å²) in [6.45, 7) is 2.01. The SMILES string of the molecule is NC1CN(C2c3ccccc3-c3ccccc32)C1. The molecule has 4 rings (SSSR count). The van der Waals surface area contributed by atoms with E-state index in [1.54, 1.807) is 0 Å². The van der Waals surface area contributed by atoms with Gasteiger partial charge in [0.05, 0.1) is 6.04 Å². The van der Waals surface area contributed by atoms with Crippen LogP contribution in [-0.2, 0) is 0 Å². The Kier molecular flexibility index (Phi) is 2.10. The second-order valence-electron chi connectivity index (χ2n) is 5.29. The maximum atomic E-state index is 5.93. The molecule has 18 heavy (non-hydrogen) atoms. The van der Waals surface area contributed by atoms with Gasteiger partial charge in [0, 0.05) is 19.1 Å². The molecule has 0 bridgehead atoms. The molecule has 0 saturated carbocycles. The van der Waals surface area contributed by atoms with Crippen LogP contribution in [0.5, 0.6) is 0 Å². The van der Waals surface area contributed by atoms with E-state index >= 15 is 0 Å². The van der Waals surface area contributed by atoms with E-state index in [9.17, 15) is 0 Å². The number of hydrogen-bond donors (Lipinski definition) is 1. The molecule has 2 aliphatic rings. The van der Waals surface area contributed by atoms with Crippen molar-refractivity contribution in [2.45, 2.75) is 12.1 Å². The lowest BCUT2D eigenvalue weighted by molar-refractivity contribution is 0.116. The average Bonchev–Trinajstić information content (AvgIpc) is 2.70. The van der Waals surface area contributed by atoms with Gasteiger partial charge in [-0.1, -0.05) is 48.5 Å². The van der Waals surface area contributed by atoms with Gasteiger partial charge in [-0.15, -0.1) is 0 Å². The summed E-state index contributed by atoms with van der Waals surface area (Å²) in [5.41, 5.74) is 11.6. The number of likely N-dealkylation sites (tertiary alicyclic amines) is 1. The first-order valence-electron chi connectivity index (χ1n) is 6.52. The van der Waals surface area contributed by atoms with Gasteiger partial charge in [-0.3, -0.25) is 4.90 Å². The molecule has 0 radical (unpaired) electrons. The monoisotopic (exact) mass is 236 g/mol. The van der Waals surface area contributed by atoms with Gasteiger partial charge < -0.3 is 5.73 Å². The molecule has 2 N–H and O–H groups in total. The van der Waals surface area contributed by atoms with Crippen molar-refractivity contribution in [1.82, 2.24) is 4.90 Å². The lowest BCUT2D eigenvalue weighted by Crippen LogP contribution is -2.56. The van der Waals surface area contributed by atoms with Gasteiger partial charge in [0.15, 0.2) is 0 Å². The summed E-state index contributed by atoms with van der Waals surface area (Å²) in [5.74, 6) is 0. The maximum Gasteiger partial charge on any atom is 0.0615 e. The van der Waals surface area contributed by atoms with Crippen molar-refractivity contribution in [3.05, 3.63) is 59.7 Å². The van der Waals surface area contributed by atoms with Crippen molar-refractivity contribution < 1.29 is 0 Å². The third kappa shape index (κ3) is 1.30. The molecule has 0 amide bonds. The van der Waals surface area contributed by atoms with Crippen LogP contribution in [-0.4, -0.2) is 24.0 Å². The molecule has 1 fully saturated rings. The van der Waals surface area contributed by atoms with Crippen molar-refractivity contribution in [3.8, 4) is 11.1 Å². The fraction of sp³-hybridized carbons (Fsp3) is 0.250. The van der Waals surface area contributed by atoms with E-state index in [4.69, 9.17) is 5.73 Å². The largest absolute Gasteiger partial charge is 0.325 e. The molecule has 2 aromatic rings. The Morgan fingerprint density at radius 1 is 0.833 bits per heavy atom. The molecule has 1 heterocycles. The predicted octanol–water partition coefficient (Wildman–Crippen LogP) is 2.40. The first-order chi connectivity index (χ1) is 8.84. The lowest BCUT2D eigenvalue weighted by Gasteiger charge is -2.42. The summed E-state index contributed by atoms with van der Waals surface area (Å²) in [6, 6.07) is 18.3. The van der Waals surface area contributed by atoms with Crippen LogP contribution in [0.3, 0.4) is 0 Å². The third-order valence-electron chi connectivity index (χ3n) is 4.10. The van der Waals surface area contributed by atoms with Crippen LogP contribution in [0.1, 0.15) is 17.2 Å². The van der Waals surface area contributed by atoms with Gasteiger partial charge >= 0.3 is 0 Å². The summed E-state index contributed by atoms with van der Waals surface area (Å²) >= 11 is 0. The fourth-order valence-electron chi connectivity index (χ4n) is 3.28. The van der Waals surface area contributed by atoms with Crippen molar-refractivity contribution >= 4 is 0 Å². The summed E-state index contributed by atoms with van der Waals surface area (Å²) in [4.78, 5) is 2.48. The first-order valence-corrected chi connectivity index (χ1v) is 6.52. The van der Waals surface area contributed by atoms with E-state index in [-0.39, 0.29) is 0 Å². The molecule has 0 aromatic heterocycles. The van der Waals surface area contributed by atoms with Crippen LogP contribution in [0.25, 0.3) is 11.1 Å². The van der Waals surface area contributed by atoms with Gasteiger partial charge in [0.25, 0.3) is 0 Å². The molecule has 2 nitrogen and oxygen atoms in total. The predicted molar refractivity (Wildman–Crippen MR) is 73.3 cm³/mol. The third-order valence-corrected chi connectivity index (χ3v) is 4.10. The van der Waals surface area contributed by atoms with Gasteiger partial charge in [0.2, 0.25) is 0 Å². The molecule has 0 unspecified atom stereocenters. The molecule has 1 aliphatic heterocycles. The maximum absolute atomic E-state index is 5.93. The molecule has 0 atom stereocenters. The lowest BCUT2D eigenvalue weighted by atomic mass is 9.98. The zero-order chi connectivity index (χ0) is 12.1. The van der Waals surface area contributed by atoms with Crippen LogP contribution in [0.2, 0.25) is 0 Å². The Bertz CT molecular complexity index is 554. The first kappa shape index (κ1) is 10.3. The minimum Gasteiger partial charge on any atom is -0.325 e. The number of benzene rings is 2. The van der Waals surface area contributed by atoms with Crippen molar-refractivity contribution in [3.63, 3.8) is 0 Å². The molecule has 1 aliphatic carbocycles. The Morgan fingerprint density at radius 2 is 1.33 bits per heavy atom. The van der Waals surface area contributed by atoms with Crippen LogP contribution < -0.4 is 5.73 Å². The van der Waals surface area contributed by atoms with E-state index in [2.05, 4.69) is 53.4 Å². The van der Waals surface area contributed by atoms with E-state index in [1.165, 1.54) is 22.3 Å². The van der Waals surface area contributed by atoms with Crippen LogP contribution in [0.4, 0.5) is 0 Å². The molecule has 2 aromatic carbocycles. The standard InChI is InChI=1S/C16H16N2/c17-11-9-18(10-11)16-14-7-3-1-5-12(14)13-6-2-4-8-15(13)16/h1-8,11,16H,9-10,17H2. The van der Waals surface area contributed by atoms with Gasteiger partial charge in [-0.2, -0.15) is 0 Å². The molecule has 90 valence electrons. The fourth-order valence-corrected chi connectivity index (χ4v) is 3.28. The quantitative estimate of drug-likeness (QED) is 0.824. The van der Waals surface area contributed by atoms with Crippen LogP contribution in [0, 0.1) is 0 Å². The van der Waals surface area contributed by atoms with Gasteiger partial charge in [-0.05, 0) is 22.3 Å². The molecule has 1 saturated heterocycles. The second kappa shape index (κ2) is 3.67. The minimum absolute atomic E-state index is 0.352. The number of fused-ring (bicyclic) bond motifs is 3. The number of hydrogen-bond acceptors (Lipinski definition) is 2. The highest BCUT2D eigenvalue weighted by Crippen LogP contribution is 2.47.